The van der Waals surface area contributed by atoms with Crippen molar-refractivity contribution >= 4 is 5.91 Å². The summed E-state index contributed by atoms with van der Waals surface area (Å²) in [6.07, 6.45) is 5.31. The number of amides is 1. The minimum atomic E-state index is -0.101. The fraction of sp³-hybridized carbons (Fsp3) is 0.467. The highest BCUT2D eigenvalue weighted by Crippen LogP contribution is 2.06. The molecule has 1 heterocycles. The molecule has 0 fully saturated rings. The molecule has 0 saturated heterocycles. The number of nitrogens with two attached hydrogens (primary N) is 1. The Morgan fingerprint density at radius 2 is 2.16 bits per heavy atom. The molecule has 0 aliphatic carbocycles. The third kappa shape index (κ3) is 5.11. The van der Waals surface area contributed by atoms with Gasteiger partial charge in [0.2, 0.25) is 0 Å². The van der Waals surface area contributed by atoms with Crippen molar-refractivity contribution in [3.05, 3.63) is 29.6 Å². The smallest absolute Gasteiger partial charge is 0.252 e. The van der Waals surface area contributed by atoms with Crippen LogP contribution in [0.25, 0.3) is 0 Å². The maximum Gasteiger partial charge on any atom is 0.252 e. The van der Waals surface area contributed by atoms with Crippen LogP contribution in [0, 0.1) is 17.8 Å². The topological polar surface area (TPSA) is 68.0 Å². The summed E-state index contributed by atoms with van der Waals surface area (Å²) in [4.78, 5) is 16.0. The Morgan fingerprint density at radius 1 is 1.42 bits per heavy atom. The van der Waals surface area contributed by atoms with Crippen LogP contribution in [0.15, 0.2) is 18.5 Å². The second-order valence-electron chi connectivity index (χ2n) is 4.36. The molecule has 0 aromatic carbocycles. The average Bonchev–Trinajstić information content (AvgIpc) is 2.46. The number of carbonyl (C=O) groups is 1. The van der Waals surface area contributed by atoms with E-state index >= 15 is 0 Å². The van der Waals surface area contributed by atoms with Crippen LogP contribution in [0.5, 0.6) is 0 Å². The molecule has 4 heteroatoms. The summed E-state index contributed by atoms with van der Waals surface area (Å²) in [7, 11) is 0. The summed E-state index contributed by atoms with van der Waals surface area (Å²) in [6, 6.07) is 1.73. The van der Waals surface area contributed by atoms with Crippen molar-refractivity contribution in [1.29, 1.82) is 0 Å². The van der Waals surface area contributed by atoms with E-state index in [1.165, 1.54) is 0 Å². The third-order valence-electron chi connectivity index (χ3n) is 3.04. The van der Waals surface area contributed by atoms with E-state index in [1.807, 2.05) is 0 Å². The molecular weight excluding hydrogens is 238 g/mol. The van der Waals surface area contributed by atoms with Gasteiger partial charge < -0.3 is 11.1 Å². The van der Waals surface area contributed by atoms with Crippen LogP contribution in [0.1, 0.15) is 42.6 Å². The van der Waals surface area contributed by atoms with E-state index in [2.05, 4.69) is 36.0 Å². The quantitative estimate of drug-likeness (QED) is 0.788. The first kappa shape index (κ1) is 15.2. The molecule has 3 N–H and O–H groups in total. The highest BCUT2D eigenvalue weighted by atomic mass is 16.1. The van der Waals surface area contributed by atoms with Gasteiger partial charge in [0.05, 0.1) is 12.1 Å². The van der Waals surface area contributed by atoms with Gasteiger partial charge in [0, 0.05) is 24.5 Å². The molecule has 0 radical (unpaired) electrons. The molecule has 1 aromatic heterocycles. The number of carbonyl (C=O) groups excluding carboxylic acids is 1. The molecule has 19 heavy (non-hydrogen) atoms. The number of aromatic nitrogens is 1. The molecule has 0 atom stereocenters. The Hall–Kier alpha value is -1.86. The van der Waals surface area contributed by atoms with Crippen LogP contribution in [-0.4, -0.2) is 24.0 Å². The molecule has 1 amide bonds. The zero-order valence-electron chi connectivity index (χ0n) is 11.6. The summed E-state index contributed by atoms with van der Waals surface area (Å²) in [5.41, 5.74) is 6.56. The lowest BCUT2D eigenvalue weighted by Crippen LogP contribution is -2.29. The number of hydrogen-bond acceptors (Lipinski definition) is 3. The molecule has 0 spiro atoms. The van der Waals surface area contributed by atoms with Crippen LogP contribution >= 0.6 is 0 Å². The Kier molecular flexibility index (Phi) is 6.62. The summed E-state index contributed by atoms with van der Waals surface area (Å²) >= 11 is 0. The molecule has 0 saturated carbocycles. The summed E-state index contributed by atoms with van der Waals surface area (Å²) in [5, 5.41) is 2.93. The molecule has 102 valence electrons. The minimum absolute atomic E-state index is 0.101. The first-order valence-corrected chi connectivity index (χ1v) is 6.63. The Morgan fingerprint density at radius 3 is 2.79 bits per heavy atom. The number of nitrogens with zero attached hydrogens (tertiary/aromatic N) is 1. The molecule has 0 bridgehead atoms. The molecule has 4 nitrogen and oxygen atoms in total. The predicted octanol–water partition coefficient (Wildman–Crippen LogP) is 1.56. The van der Waals surface area contributed by atoms with E-state index in [0.29, 0.717) is 30.1 Å². The summed E-state index contributed by atoms with van der Waals surface area (Å²) in [6.45, 7) is 5.26. The summed E-state index contributed by atoms with van der Waals surface area (Å²) < 4.78 is 0. The fourth-order valence-corrected chi connectivity index (χ4v) is 1.70. The zero-order chi connectivity index (χ0) is 14.1. The average molecular weight is 259 g/mol. The van der Waals surface area contributed by atoms with Crippen LogP contribution in [0.2, 0.25) is 0 Å². The van der Waals surface area contributed by atoms with Crippen LogP contribution < -0.4 is 11.1 Å². The first-order valence-electron chi connectivity index (χ1n) is 6.63. The van der Waals surface area contributed by atoms with Crippen molar-refractivity contribution in [2.45, 2.75) is 26.7 Å². The monoisotopic (exact) mass is 259 g/mol. The highest BCUT2D eigenvalue weighted by molar-refractivity contribution is 5.94. The van der Waals surface area contributed by atoms with E-state index in [-0.39, 0.29) is 5.91 Å². The van der Waals surface area contributed by atoms with Crippen molar-refractivity contribution in [3.63, 3.8) is 0 Å². The van der Waals surface area contributed by atoms with Gasteiger partial charge in [-0.2, -0.15) is 0 Å². The van der Waals surface area contributed by atoms with Gasteiger partial charge in [-0.05, 0) is 12.0 Å². The van der Waals surface area contributed by atoms with Gasteiger partial charge in [-0.3, -0.25) is 9.78 Å². The fourth-order valence-electron chi connectivity index (χ4n) is 1.70. The molecule has 1 rings (SSSR count). The lowest BCUT2D eigenvalue weighted by molar-refractivity contribution is 0.0946. The predicted molar refractivity (Wildman–Crippen MR) is 76.6 cm³/mol. The van der Waals surface area contributed by atoms with Gasteiger partial charge in [0.1, 0.15) is 0 Å². The molecular formula is C15H21N3O. The lowest BCUT2D eigenvalue weighted by Gasteiger charge is -2.13. The van der Waals surface area contributed by atoms with Crippen molar-refractivity contribution in [3.8, 4) is 11.8 Å². The van der Waals surface area contributed by atoms with Crippen molar-refractivity contribution < 1.29 is 4.79 Å². The molecule has 0 unspecified atom stereocenters. The van der Waals surface area contributed by atoms with Crippen molar-refractivity contribution in [2.75, 3.05) is 13.1 Å². The first-order chi connectivity index (χ1) is 9.21. The van der Waals surface area contributed by atoms with Gasteiger partial charge in [0.25, 0.3) is 5.91 Å². The van der Waals surface area contributed by atoms with Crippen LogP contribution in [0.4, 0.5) is 0 Å². The largest absolute Gasteiger partial charge is 0.352 e. The Balaban J connectivity index is 2.66. The highest BCUT2D eigenvalue weighted by Gasteiger charge is 2.09. The summed E-state index contributed by atoms with van der Waals surface area (Å²) in [5.74, 6) is 6.04. The van der Waals surface area contributed by atoms with Gasteiger partial charge in [0.15, 0.2) is 0 Å². The third-order valence-corrected chi connectivity index (χ3v) is 3.04. The van der Waals surface area contributed by atoms with E-state index in [4.69, 9.17) is 5.73 Å². The van der Waals surface area contributed by atoms with Crippen molar-refractivity contribution in [2.24, 2.45) is 11.7 Å². The number of hydrogen-bond donors (Lipinski definition) is 2. The Labute approximate surface area is 114 Å². The maximum atomic E-state index is 12.0. The number of pyridine rings is 1. The number of rotatable bonds is 5. The van der Waals surface area contributed by atoms with Crippen molar-refractivity contribution in [1.82, 2.24) is 10.3 Å². The van der Waals surface area contributed by atoms with Crippen LogP contribution in [-0.2, 0) is 0 Å². The maximum absolute atomic E-state index is 12.0. The van der Waals surface area contributed by atoms with E-state index in [9.17, 15) is 4.79 Å². The van der Waals surface area contributed by atoms with Gasteiger partial charge >= 0.3 is 0 Å². The van der Waals surface area contributed by atoms with Gasteiger partial charge in [-0.1, -0.05) is 38.5 Å². The molecule has 1 aromatic rings. The second kappa shape index (κ2) is 8.28. The lowest BCUT2D eigenvalue weighted by atomic mass is 10.0. The second-order valence-corrected chi connectivity index (χ2v) is 4.36. The van der Waals surface area contributed by atoms with Crippen LogP contribution in [0.3, 0.4) is 0 Å². The standard InChI is InChI=1S/C15H21N3O/c1-3-12(4-2)10-18-15(19)14-8-13(6-5-7-16)9-17-11-14/h8-9,11-12H,3-4,7,10,16H2,1-2H3,(H,18,19). The zero-order valence-corrected chi connectivity index (χ0v) is 11.6. The van der Waals surface area contributed by atoms with E-state index in [0.717, 1.165) is 12.8 Å². The van der Waals surface area contributed by atoms with Gasteiger partial charge in [-0.25, -0.2) is 0 Å². The normalized spacial score (nSPS) is 9.89. The molecule has 0 aliphatic heterocycles. The van der Waals surface area contributed by atoms with E-state index in [1.54, 1.807) is 18.5 Å². The minimum Gasteiger partial charge on any atom is -0.352 e. The number of nitrogens with one attached hydrogen (secondary N) is 1. The Bertz CT molecular complexity index is 470. The van der Waals surface area contributed by atoms with E-state index < -0.39 is 0 Å². The van der Waals surface area contributed by atoms with Gasteiger partial charge in [-0.15, -0.1) is 0 Å². The SMILES string of the molecule is CCC(CC)CNC(=O)c1cncc(C#CCN)c1. The molecule has 0 aliphatic rings.